The number of nitrogens with one attached hydrogen (secondary N) is 1. The predicted molar refractivity (Wildman–Crippen MR) is 182 cm³/mol. The lowest BCUT2D eigenvalue weighted by atomic mass is 9.99. The van der Waals surface area contributed by atoms with E-state index in [1.54, 1.807) is 18.6 Å². The van der Waals surface area contributed by atoms with E-state index >= 15 is 0 Å². The van der Waals surface area contributed by atoms with Crippen LogP contribution in [0.2, 0.25) is 0 Å². The zero-order valence-electron chi connectivity index (χ0n) is 24.5. The summed E-state index contributed by atoms with van der Waals surface area (Å²) < 4.78 is 6.31. The fourth-order valence-corrected chi connectivity index (χ4v) is 8.74. The van der Waals surface area contributed by atoms with Gasteiger partial charge in [0.25, 0.3) is 5.91 Å². The molecule has 1 N–H and O–H groups in total. The number of benzene rings is 2. The van der Waals surface area contributed by atoms with Gasteiger partial charge in [-0.1, -0.05) is 72.0 Å². The lowest BCUT2D eigenvalue weighted by molar-refractivity contribution is -0.153. The fourth-order valence-electron chi connectivity index (χ4n) is 5.56. The van der Waals surface area contributed by atoms with Gasteiger partial charge in [-0.25, -0.2) is 9.78 Å². The second-order valence-electron chi connectivity index (χ2n) is 10.5. The number of nitrogens with zero attached hydrogens (tertiary/aromatic N) is 4. The number of pyridine rings is 1. The van der Waals surface area contributed by atoms with Crippen molar-refractivity contribution in [1.29, 1.82) is 0 Å². The van der Waals surface area contributed by atoms with Crippen LogP contribution in [-0.4, -0.2) is 49.8 Å². The predicted octanol–water partition coefficient (Wildman–Crippen LogP) is 6.72. The molecule has 7 rings (SSSR count). The summed E-state index contributed by atoms with van der Waals surface area (Å²) in [6.45, 7) is 1.46. The van der Waals surface area contributed by atoms with Gasteiger partial charge in [-0.2, -0.15) is 0 Å². The van der Waals surface area contributed by atoms with Crippen molar-refractivity contribution in [3.05, 3.63) is 131 Å². The van der Waals surface area contributed by atoms with Crippen LogP contribution in [0.5, 0.6) is 0 Å². The third-order valence-electron chi connectivity index (χ3n) is 7.64. The Morgan fingerprint density at radius 2 is 1.72 bits per heavy atom. The van der Waals surface area contributed by atoms with Crippen LogP contribution in [0.1, 0.15) is 29.0 Å². The average Bonchev–Trinajstić information content (AvgIpc) is 3.79. The van der Waals surface area contributed by atoms with E-state index in [1.165, 1.54) is 51.2 Å². The molecule has 0 radical (unpaired) electrons. The summed E-state index contributed by atoms with van der Waals surface area (Å²) in [7, 11) is 0. The van der Waals surface area contributed by atoms with Gasteiger partial charge in [0.1, 0.15) is 17.1 Å². The smallest absolute Gasteiger partial charge is 0.356 e. The molecule has 2 amide bonds. The molecule has 2 atom stereocenters. The van der Waals surface area contributed by atoms with E-state index in [1.807, 2.05) is 90.3 Å². The number of thiazole rings is 1. The van der Waals surface area contributed by atoms with Gasteiger partial charge in [-0.3, -0.25) is 24.4 Å². The number of amides is 2. The first-order chi connectivity index (χ1) is 22.5. The van der Waals surface area contributed by atoms with Crippen molar-refractivity contribution >= 4 is 73.6 Å². The van der Waals surface area contributed by atoms with Crippen molar-refractivity contribution in [3.8, 4) is 0 Å². The van der Waals surface area contributed by atoms with Gasteiger partial charge in [0.2, 0.25) is 5.91 Å². The van der Waals surface area contributed by atoms with Gasteiger partial charge in [0, 0.05) is 30.6 Å². The van der Waals surface area contributed by atoms with Crippen LogP contribution in [0.3, 0.4) is 0 Å². The zero-order valence-corrected chi connectivity index (χ0v) is 26.9. The van der Waals surface area contributed by atoms with Gasteiger partial charge in [0.15, 0.2) is 11.2 Å². The van der Waals surface area contributed by atoms with Gasteiger partial charge in [-0.15, -0.1) is 23.1 Å². The lowest BCUT2D eigenvalue weighted by Gasteiger charge is -2.52. The number of carbonyl (C=O) groups is 3. The van der Waals surface area contributed by atoms with E-state index in [2.05, 4.69) is 15.3 Å². The summed E-state index contributed by atoms with van der Waals surface area (Å²) >= 11 is 4.28. The molecule has 46 heavy (non-hydrogen) atoms. The molecule has 2 aliphatic rings. The quantitative estimate of drug-likeness (QED) is 0.137. The number of carbonyl (C=O) groups excluding carboxylic acids is 3. The summed E-state index contributed by atoms with van der Waals surface area (Å²) in [6.07, 6.45) is 4.39. The molecule has 2 aromatic carbocycles. The third-order valence-corrected chi connectivity index (χ3v) is 10.7. The highest BCUT2D eigenvalue weighted by Gasteiger charge is 2.57. The Balaban J connectivity index is 1.27. The number of fused-ring (bicyclic) bond motifs is 1. The molecule has 2 unspecified atom stereocenters. The van der Waals surface area contributed by atoms with Crippen molar-refractivity contribution < 1.29 is 19.1 Å². The maximum absolute atomic E-state index is 14.4. The number of anilines is 3. The normalized spacial score (nSPS) is 17.3. The second kappa shape index (κ2) is 12.9. The minimum absolute atomic E-state index is 0.174. The van der Waals surface area contributed by atoms with Crippen LogP contribution in [0, 0.1) is 0 Å². The van der Waals surface area contributed by atoms with Gasteiger partial charge in [-0.05, 0) is 40.8 Å². The number of hydrogen-bond acceptors (Lipinski definition) is 10. The Morgan fingerprint density at radius 1 is 0.978 bits per heavy atom. The summed E-state index contributed by atoms with van der Waals surface area (Å²) in [5, 5.41) is 5.97. The molecule has 1 saturated heterocycles. The minimum Gasteiger partial charge on any atom is -0.448 e. The molecular weight excluding hydrogens is 639 g/mol. The summed E-state index contributed by atoms with van der Waals surface area (Å²) in [6, 6.07) is 25.7. The summed E-state index contributed by atoms with van der Waals surface area (Å²) in [4.78, 5) is 53.8. The van der Waals surface area contributed by atoms with Gasteiger partial charge >= 0.3 is 5.97 Å². The Hall–Kier alpha value is -4.78. The van der Waals surface area contributed by atoms with E-state index in [9.17, 15) is 14.4 Å². The molecule has 0 bridgehead atoms. The maximum Gasteiger partial charge on any atom is 0.356 e. The number of thiophene rings is 1. The van der Waals surface area contributed by atoms with E-state index in [4.69, 9.17) is 4.74 Å². The molecule has 9 nitrogen and oxygen atoms in total. The molecule has 3 aromatic heterocycles. The van der Waals surface area contributed by atoms with Gasteiger partial charge in [0.05, 0.1) is 21.8 Å². The van der Waals surface area contributed by atoms with Crippen LogP contribution in [-0.2, 0) is 19.1 Å². The molecule has 0 saturated carbocycles. The number of β-lactam (4-membered cyclic amide) rings is 1. The Labute approximate surface area is 277 Å². The van der Waals surface area contributed by atoms with Gasteiger partial charge < -0.3 is 10.1 Å². The SMILES string of the molecule is CC(=O)N(c1cccs1)C1C(=O)N2C(C(=O)OC(c3ccccc3)c3ccccc3)=C(c3cnc(Nc4cccnc4)s3)CSC12. The number of rotatable bonds is 9. The molecule has 12 heteroatoms. The highest BCUT2D eigenvalue weighted by molar-refractivity contribution is 8.00. The van der Waals surface area contributed by atoms with E-state index in [0.717, 1.165) is 21.7 Å². The van der Waals surface area contributed by atoms with Crippen molar-refractivity contribution in [2.75, 3.05) is 16.0 Å². The highest BCUT2D eigenvalue weighted by atomic mass is 32.2. The molecule has 230 valence electrons. The first kappa shape index (κ1) is 29.9. The molecular formula is C34H27N5O4S3. The standard InChI is InChI=1S/C34H27N5O4S3/c1-21(40)38(27-15-9-17-44-27)29-31(41)39-28(33(42)43-30(22-10-4-2-5-11-22)23-12-6-3-7-13-23)25(20-45-32(29)39)26-19-36-34(46-26)37-24-14-8-16-35-18-24/h2-19,29-30,32H,20H2,1H3,(H,36,37). The number of thioether (sulfide) groups is 1. The van der Waals surface area contributed by atoms with Crippen molar-refractivity contribution in [1.82, 2.24) is 14.9 Å². The Kier molecular flexibility index (Phi) is 8.39. The maximum atomic E-state index is 14.4. The highest BCUT2D eigenvalue weighted by Crippen LogP contribution is 2.48. The topological polar surface area (TPSA) is 105 Å². The summed E-state index contributed by atoms with van der Waals surface area (Å²) in [5.41, 5.74) is 3.22. The van der Waals surface area contributed by atoms with Crippen LogP contribution < -0.4 is 10.2 Å². The lowest BCUT2D eigenvalue weighted by Crippen LogP contribution is -2.71. The summed E-state index contributed by atoms with van der Waals surface area (Å²) in [5.74, 6) is -0.770. The van der Waals surface area contributed by atoms with Crippen LogP contribution in [0.4, 0.5) is 15.8 Å². The average molecular weight is 666 g/mol. The molecule has 5 aromatic rings. The van der Waals surface area contributed by atoms with Crippen LogP contribution in [0.15, 0.2) is 115 Å². The number of aromatic nitrogens is 2. The molecule has 5 heterocycles. The van der Waals surface area contributed by atoms with E-state index < -0.39 is 23.5 Å². The molecule has 1 fully saturated rings. The van der Waals surface area contributed by atoms with Crippen LogP contribution in [0.25, 0.3) is 5.57 Å². The Bertz CT molecular complexity index is 1860. The second-order valence-corrected chi connectivity index (χ2v) is 13.6. The molecule has 0 aliphatic carbocycles. The number of esters is 1. The molecule has 2 aliphatic heterocycles. The van der Waals surface area contributed by atoms with Crippen molar-refractivity contribution in [2.45, 2.75) is 24.4 Å². The zero-order chi connectivity index (χ0) is 31.6. The van der Waals surface area contributed by atoms with Crippen molar-refractivity contribution in [3.63, 3.8) is 0 Å². The van der Waals surface area contributed by atoms with E-state index in [0.29, 0.717) is 21.5 Å². The monoisotopic (exact) mass is 665 g/mol. The fraction of sp³-hybridized carbons (Fsp3) is 0.147. The molecule has 0 spiro atoms. The minimum atomic E-state index is -0.742. The van der Waals surface area contributed by atoms with Crippen LogP contribution >= 0.6 is 34.4 Å². The van der Waals surface area contributed by atoms with Crippen molar-refractivity contribution in [2.24, 2.45) is 0 Å². The third kappa shape index (κ3) is 5.70. The van der Waals surface area contributed by atoms with E-state index in [-0.39, 0.29) is 17.5 Å². The number of hydrogen-bond donors (Lipinski definition) is 1. The first-order valence-corrected chi connectivity index (χ1v) is 17.2. The first-order valence-electron chi connectivity index (χ1n) is 14.4. The largest absolute Gasteiger partial charge is 0.448 e. The number of ether oxygens (including phenoxy) is 1. The Morgan fingerprint density at radius 3 is 2.35 bits per heavy atom.